The second-order valence-electron chi connectivity index (χ2n) is 6.35. The number of anilines is 1. The number of likely N-dealkylation sites (N-methyl/N-ethyl adjacent to an activating group) is 1. The monoisotopic (exact) mass is 347 g/mol. The van der Waals surface area contributed by atoms with Gasteiger partial charge in [-0.25, -0.2) is 0 Å². The maximum atomic E-state index is 12.8. The van der Waals surface area contributed by atoms with Crippen molar-refractivity contribution in [1.82, 2.24) is 9.88 Å². The lowest BCUT2D eigenvalue weighted by atomic mass is 10.1. The van der Waals surface area contributed by atoms with Crippen LogP contribution < -0.4 is 5.32 Å². The number of aromatic nitrogens is 1. The summed E-state index contributed by atoms with van der Waals surface area (Å²) in [5.41, 5.74) is 4.08. The molecule has 2 aromatic carbocycles. The molecule has 1 N–H and O–H groups in total. The lowest BCUT2D eigenvalue weighted by Crippen LogP contribution is -2.35. The first-order valence-electron chi connectivity index (χ1n) is 8.42. The molecule has 0 aliphatic rings. The number of hydrogen-bond acceptors (Lipinski definition) is 3. The van der Waals surface area contributed by atoms with Crippen LogP contribution in [0.2, 0.25) is 0 Å². The number of nitrogens with zero attached hydrogens (tertiary/aromatic N) is 2. The molecule has 5 heteroatoms. The number of para-hydroxylation sites is 2. The molecule has 0 fully saturated rings. The summed E-state index contributed by atoms with van der Waals surface area (Å²) in [7, 11) is 1.63. The topological polar surface area (TPSA) is 62.3 Å². The van der Waals surface area contributed by atoms with E-state index >= 15 is 0 Å². The van der Waals surface area contributed by atoms with E-state index in [2.05, 4.69) is 10.3 Å². The first kappa shape index (κ1) is 17.6. The van der Waals surface area contributed by atoms with Crippen LogP contribution in [-0.2, 0) is 4.79 Å². The SMILES string of the molecule is Cc1cccc(C)c1NC(=O)CN(C)C(=O)c1ccnc2ccccc12. The number of hydrogen-bond donors (Lipinski definition) is 1. The van der Waals surface area contributed by atoms with Gasteiger partial charge in [0.1, 0.15) is 0 Å². The summed E-state index contributed by atoms with van der Waals surface area (Å²) < 4.78 is 0. The predicted octanol–water partition coefficient (Wildman–Crippen LogP) is 3.56. The average Bonchev–Trinajstić information content (AvgIpc) is 2.63. The van der Waals surface area contributed by atoms with Gasteiger partial charge in [-0.2, -0.15) is 0 Å². The second-order valence-corrected chi connectivity index (χ2v) is 6.35. The minimum absolute atomic E-state index is 0.0245. The number of amides is 2. The van der Waals surface area contributed by atoms with Crippen LogP contribution in [-0.4, -0.2) is 35.3 Å². The molecule has 0 bridgehead atoms. The number of rotatable bonds is 4. The Hall–Kier alpha value is -3.21. The van der Waals surface area contributed by atoms with Crippen LogP contribution in [0.3, 0.4) is 0 Å². The summed E-state index contributed by atoms with van der Waals surface area (Å²) in [4.78, 5) is 30.9. The van der Waals surface area contributed by atoms with Crippen LogP contribution >= 0.6 is 0 Å². The Bertz CT molecular complexity index is 956. The van der Waals surface area contributed by atoms with Crippen LogP contribution in [0.4, 0.5) is 5.69 Å². The quantitative estimate of drug-likeness (QED) is 0.785. The highest BCUT2D eigenvalue weighted by molar-refractivity contribution is 6.07. The van der Waals surface area contributed by atoms with Gasteiger partial charge in [0, 0.05) is 24.3 Å². The van der Waals surface area contributed by atoms with Crippen LogP contribution in [0.25, 0.3) is 10.9 Å². The van der Waals surface area contributed by atoms with Crippen molar-refractivity contribution in [3.8, 4) is 0 Å². The zero-order valence-electron chi connectivity index (χ0n) is 15.1. The standard InChI is InChI=1S/C21H21N3O2/c1-14-7-6-8-15(2)20(14)23-19(25)13-24(3)21(26)17-11-12-22-18-10-5-4-9-16(17)18/h4-12H,13H2,1-3H3,(H,23,25). The Morgan fingerprint density at radius 2 is 1.69 bits per heavy atom. The molecular formula is C21H21N3O2. The number of aryl methyl sites for hydroxylation is 2. The second kappa shape index (κ2) is 7.35. The highest BCUT2D eigenvalue weighted by Gasteiger charge is 2.18. The van der Waals surface area contributed by atoms with Gasteiger partial charge in [0.05, 0.1) is 17.6 Å². The predicted molar refractivity (Wildman–Crippen MR) is 103 cm³/mol. The maximum Gasteiger partial charge on any atom is 0.254 e. The van der Waals surface area contributed by atoms with Gasteiger partial charge in [-0.3, -0.25) is 14.6 Å². The molecule has 0 saturated heterocycles. The Kier molecular flexibility index (Phi) is 4.98. The zero-order chi connectivity index (χ0) is 18.7. The van der Waals surface area contributed by atoms with Crippen LogP contribution in [0, 0.1) is 13.8 Å². The minimum atomic E-state index is -0.225. The van der Waals surface area contributed by atoms with Crippen molar-refractivity contribution >= 4 is 28.4 Å². The van der Waals surface area contributed by atoms with Crippen molar-refractivity contribution in [1.29, 1.82) is 0 Å². The van der Waals surface area contributed by atoms with Gasteiger partial charge in [-0.15, -0.1) is 0 Å². The number of benzene rings is 2. The fraction of sp³-hybridized carbons (Fsp3) is 0.190. The number of nitrogens with one attached hydrogen (secondary N) is 1. The molecule has 5 nitrogen and oxygen atoms in total. The summed E-state index contributed by atoms with van der Waals surface area (Å²) >= 11 is 0. The Morgan fingerprint density at radius 1 is 1.00 bits per heavy atom. The Morgan fingerprint density at radius 3 is 2.42 bits per heavy atom. The van der Waals surface area contributed by atoms with Crippen LogP contribution in [0.1, 0.15) is 21.5 Å². The summed E-state index contributed by atoms with van der Waals surface area (Å²) in [5, 5.41) is 3.69. The fourth-order valence-electron chi connectivity index (χ4n) is 2.97. The third-order valence-corrected chi connectivity index (χ3v) is 4.35. The Balaban J connectivity index is 1.76. The van der Waals surface area contributed by atoms with Crippen molar-refractivity contribution in [2.45, 2.75) is 13.8 Å². The number of carbonyl (C=O) groups is 2. The van der Waals surface area contributed by atoms with Gasteiger partial charge in [-0.05, 0) is 37.1 Å². The highest BCUT2D eigenvalue weighted by atomic mass is 16.2. The molecule has 3 aromatic rings. The number of carbonyl (C=O) groups excluding carboxylic acids is 2. The van der Waals surface area contributed by atoms with E-state index in [1.807, 2.05) is 56.3 Å². The highest BCUT2D eigenvalue weighted by Crippen LogP contribution is 2.20. The number of fused-ring (bicyclic) bond motifs is 1. The van der Waals surface area contributed by atoms with Crippen molar-refractivity contribution in [3.63, 3.8) is 0 Å². The third kappa shape index (κ3) is 3.57. The lowest BCUT2D eigenvalue weighted by molar-refractivity contribution is -0.116. The smallest absolute Gasteiger partial charge is 0.254 e. The van der Waals surface area contributed by atoms with Gasteiger partial charge >= 0.3 is 0 Å². The summed E-state index contributed by atoms with van der Waals surface area (Å²) in [6.07, 6.45) is 1.61. The Labute approximate surface area is 152 Å². The summed E-state index contributed by atoms with van der Waals surface area (Å²) in [5.74, 6) is -0.433. The van der Waals surface area contributed by atoms with Gasteiger partial charge in [-0.1, -0.05) is 36.4 Å². The van der Waals surface area contributed by atoms with E-state index in [0.717, 1.165) is 27.7 Å². The zero-order valence-corrected chi connectivity index (χ0v) is 15.1. The molecule has 26 heavy (non-hydrogen) atoms. The molecule has 0 unspecified atom stereocenters. The van der Waals surface area contributed by atoms with Gasteiger partial charge in [0.15, 0.2) is 0 Å². The molecule has 1 aromatic heterocycles. The van der Waals surface area contributed by atoms with Crippen molar-refractivity contribution in [2.24, 2.45) is 0 Å². The fourth-order valence-corrected chi connectivity index (χ4v) is 2.97. The molecule has 0 aliphatic carbocycles. The van der Waals surface area contributed by atoms with Crippen molar-refractivity contribution in [2.75, 3.05) is 18.9 Å². The normalized spacial score (nSPS) is 10.6. The average molecular weight is 347 g/mol. The molecule has 0 aliphatic heterocycles. The molecule has 3 rings (SSSR count). The molecule has 132 valence electrons. The first-order chi connectivity index (χ1) is 12.5. The maximum absolute atomic E-state index is 12.8. The van der Waals surface area contributed by atoms with Crippen LogP contribution in [0.15, 0.2) is 54.7 Å². The lowest BCUT2D eigenvalue weighted by Gasteiger charge is -2.19. The van der Waals surface area contributed by atoms with Gasteiger partial charge in [0.2, 0.25) is 5.91 Å². The molecule has 0 saturated carbocycles. The van der Waals surface area contributed by atoms with Crippen LogP contribution in [0.5, 0.6) is 0 Å². The minimum Gasteiger partial charge on any atom is -0.332 e. The van der Waals surface area contributed by atoms with Crippen molar-refractivity contribution < 1.29 is 9.59 Å². The van der Waals surface area contributed by atoms with Gasteiger partial charge < -0.3 is 10.2 Å². The van der Waals surface area contributed by atoms with E-state index in [-0.39, 0.29) is 18.4 Å². The molecular weight excluding hydrogens is 326 g/mol. The van der Waals surface area contributed by atoms with E-state index < -0.39 is 0 Å². The van der Waals surface area contributed by atoms with E-state index in [4.69, 9.17) is 0 Å². The first-order valence-corrected chi connectivity index (χ1v) is 8.42. The third-order valence-electron chi connectivity index (χ3n) is 4.35. The van der Waals surface area contributed by atoms with E-state index in [9.17, 15) is 9.59 Å². The van der Waals surface area contributed by atoms with Gasteiger partial charge in [0.25, 0.3) is 5.91 Å². The van der Waals surface area contributed by atoms with E-state index in [1.165, 1.54) is 4.90 Å². The number of pyridine rings is 1. The van der Waals surface area contributed by atoms with Crippen molar-refractivity contribution in [3.05, 3.63) is 71.4 Å². The summed E-state index contributed by atoms with van der Waals surface area (Å²) in [6, 6.07) is 15.0. The molecule has 1 heterocycles. The summed E-state index contributed by atoms with van der Waals surface area (Å²) in [6.45, 7) is 3.87. The molecule has 0 atom stereocenters. The van der Waals surface area contributed by atoms with E-state index in [0.29, 0.717) is 5.56 Å². The largest absolute Gasteiger partial charge is 0.332 e. The van der Waals surface area contributed by atoms with E-state index in [1.54, 1.807) is 19.3 Å². The molecule has 2 amide bonds. The molecule has 0 spiro atoms. The molecule has 0 radical (unpaired) electrons.